The molecule has 1 aromatic carbocycles. The van der Waals surface area contributed by atoms with Crippen molar-refractivity contribution in [2.24, 2.45) is 0 Å². The molecule has 0 aliphatic rings. The number of benzene rings is 1. The normalized spacial score (nSPS) is 10.5. The van der Waals surface area contributed by atoms with Crippen LogP contribution in [0.2, 0.25) is 10.0 Å². The number of hydrogen-bond acceptors (Lipinski definition) is 4. The predicted octanol–water partition coefficient (Wildman–Crippen LogP) is 2.94. The Balaban J connectivity index is 2.38. The predicted molar refractivity (Wildman–Crippen MR) is 74.0 cm³/mol. The summed E-state index contributed by atoms with van der Waals surface area (Å²) >= 11 is 11.8. The molecule has 0 saturated carbocycles. The van der Waals surface area contributed by atoms with Crippen LogP contribution >= 0.6 is 23.2 Å². The number of nitrogen functional groups attached to an aromatic ring is 1. The number of rotatable bonds is 3. The van der Waals surface area contributed by atoms with Crippen molar-refractivity contribution < 1.29 is 9.53 Å². The molecule has 0 radical (unpaired) electrons. The lowest BCUT2D eigenvalue weighted by molar-refractivity contribution is 0.0526. The molecule has 0 fully saturated rings. The fraction of sp³-hybridized carbons (Fsp3) is 0.167. The lowest BCUT2D eigenvalue weighted by Gasteiger charge is -2.07. The maximum Gasteiger partial charge on any atom is 0.341 e. The lowest BCUT2D eigenvalue weighted by atomic mass is 10.2. The van der Waals surface area contributed by atoms with E-state index in [1.807, 2.05) is 0 Å². The Kier molecular flexibility index (Phi) is 3.97. The monoisotopic (exact) mass is 299 g/mol. The van der Waals surface area contributed by atoms with Crippen molar-refractivity contribution in [2.45, 2.75) is 6.92 Å². The first-order valence-electron chi connectivity index (χ1n) is 5.49. The number of carbonyl (C=O) groups is 1. The summed E-state index contributed by atoms with van der Waals surface area (Å²) in [4.78, 5) is 11.5. The van der Waals surface area contributed by atoms with Crippen LogP contribution in [-0.2, 0) is 4.74 Å². The number of nitrogens with zero attached hydrogens (tertiary/aromatic N) is 2. The second-order valence-corrected chi connectivity index (χ2v) is 4.53. The molecule has 19 heavy (non-hydrogen) atoms. The summed E-state index contributed by atoms with van der Waals surface area (Å²) in [5.74, 6) is -0.438. The van der Waals surface area contributed by atoms with Crippen molar-refractivity contribution in [3.05, 3.63) is 40.1 Å². The molecule has 2 rings (SSSR count). The highest BCUT2D eigenvalue weighted by Gasteiger charge is 2.12. The summed E-state index contributed by atoms with van der Waals surface area (Å²) in [5.41, 5.74) is 7.14. The first-order chi connectivity index (χ1) is 9.02. The molecule has 100 valence electrons. The molecule has 2 N–H and O–H groups in total. The fourth-order valence-corrected chi connectivity index (χ4v) is 1.85. The molecule has 0 spiro atoms. The van der Waals surface area contributed by atoms with Gasteiger partial charge in [0.1, 0.15) is 0 Å². The van der Waals surface area contributed by atoms with Gasteiger partial charge in [-0.25, -0.2) is 9.48 Å². The first-order valence-corrected chi connectivity index (χ1v) is 6.25. The third-order valence-electron chi connectivity index (χ3n) is 2.41. The largest absolute Gasteiger partial charge is 0.462 e. The summed E-state index contributed by atoms with van der Waals surface area (Å²) in [5, 5.41) is 4.78. The van der Waals surface area contributed by atoms with Crippen LogP contribution in [0, 0.1) is 0 Å². The third kappa shape index (κ3) is 2.83. The molecular weight excluding hydrogens is 289 g/mol. The highest BCUT2D eigenvalue weighted by Crippen LogP contribution is 2.29. The number of hydrogen-bond donors (Lipinski definition) is 1. The van der Waals surface area contributed by atoms with Gasteiger partial charge < -0.3 is 10.5 Å². The zero-order valence-electron chi connectivity index (χ0n) is 10.1. The Labute approximate surface area is 119 Å². The maximum atomic E-state index is 11.5. The average molecular weight is 300 g/mol. The van der Waals surface area contributed by atoms with Crippen LogP contribution in [0.5, 0.6) is 0 Å². The Morgan fingerprint density at radius 1 is 1.42 bits per heavy atom. The van der Waals surface area contributed by atoms with Crippen LogP contribution in [0.3, 0.4) is 0 Å². The molecule has 2 aromatic rings. The number of nitrogens with two attached hydrogens (primary N) is 1. The Morgan fingerprint density at radius 2 is 2.11 bits per heavy atom. The van der Waals surface area contributed by atoms with E-state index in [-0.39, 0.29) is 0 Å². The van der Waals surface area contributed by atoms with Gasteiger partial charge in [-0.1, -0.05) is 23.2 Å². The van der Waals surface area contributed by atoms with Crippen LogP contribution in [0.25, 0.3) is 5.69 Å². The minimum absolute atomic E-state index is 0.304. The molecule has 0 bridgehead atoms. The van der Waals surface area contributed by atoms with Gasteiger partial charge in [0.15, 0.2) is 0 Å². The zero-order valence-corrected chi connectivity index (χ0v) is 11.6. The van der Waals surface area contributed by atoms with E-state index in [0.29, 0.717) is 33.6 Å². The van der Waals surface area contributed by atoms with Crippen molar-refractivity contribution in [1.82, 2.24) is 9.78 Å². The SMILES string of the molecule is CCOC(=O)c1cnn(-c2cc(Cl)c(Cl)cc2N)c1. The van der Waals surface area contributed by atoms with Gasteiger partial charge in [-0.05, 0) is 19.1 Å². The molecule has 0 aliphatic carbocycles. The Hall–Kier alpha value is -1.72. The van der Waals surface area contributed by atoms with E-state index in [9.17, 15) is 4.79 Å². The number of carbonyl (C=O) groups excluding carboxylic acids is 1. The van der Waals surface area contributed by atoms with E-state index in [2.05, 4.69) is 5.10 Å². The van der Waals surface area contributed by atoms with Crippen molar-refractivity contribution in [3.8, 4) is 5.69 Å². The summed E-state index contributed by atoms with van der Waals surface area (Å²) in [7, 11) is 0. The maximum absolute atomic E-state index is 11.5. The number of aromatic nitrogens is 2. The Bertz CT molecular complexity index is 625. The first kappa shape index (κ1) is 13.7. The van der Waals surface area contributed by atoms with Crippen LogP contribution in [0.15, 0.2) is 24.5 Å². The van der Waals surface area contributed by atoms with E-state index >= 15 is 0 Å². The number of esters is 1. The van der Waals surface area contributed by atoms with Crippen molar-refractivity contribution in [3.63, 3.8) is 0 Å². The minimum Gasteiger partial charge on any atom is -0.462 e. The highest BCUT2D eigenvalue weighted by molar-refractivity contribution is 6.42. The zero-order chi connectivity index (χ0) is 14.0. The standard InChI is InChI=1S/C12H11Cl2N3O2/c1-2-19-12(18)7-5-16-17(6-7)11-4-9(14)8(13)3-10(11)15/h3-6H,2,15H2,1H3. The van der Waals surface area contributed by atoms with Gasteiger partial charge in [-0.3, -0.25) is 0 Å². The topological polar surface area (TPSA) is 70.1 Å². The van der Waals surface area contributed by atoms with E-state index in [1.54, 1.807) is 13.0 Å². The van der Waals surface area contributed by atoms with E-state index < -0.39 is 5.97 Å². The van der Waals surface area contributed by atoms with E-state index in [4.69, 9.17) is 33.7 Å². The highest BCUT2D eigenvalue weighted by atomic mass is 35.5. The van der Waals surface area contributed by atoms with Gasteiger partial charge in [0, 0.05) is 6.20 Å². The van der Waals surface area contributed by atoms with Gasteiger partial charge in [0.25, 0.3) is 0 Å². The van der Waals surface area contributed by atoms with E-state index in [1.165, 1.54) is 23.1 Å². The van der Waals surface area contributed by atoms with Crippen LogP contribution in [-0.4, -0.2) is 22.4 Å². The third-order valence-corrected chi connectivity index (χ3v) is 3.13. The fourth-order valence-electron chi connectivity index (χ4n) is 1.52. The van der Waals surface area contributed by atoms with Gasteiger partial charge in [-0.2, -0.15) is 5.10 Å². The quantitative estimate of drug-likeness (QED) is 0.699. The molecule has 0 amide bonds. The number of ether oxygens (including phenoxy) is 1. The van der Waals surface area contributed by atoms with Gasteiger partial charge in [0.05, 0.1) is 39.8 Å². The van der Waals surface area contributed by atoms with Crippen LogP contribution in [0.1, 0.15) is 17.3 Å². The lowest BCUT2D eigenvalue weighted by Crippen LogP contribution is -2.04. The number of halogens is 2. The van der Waals surface area contributed by atoms with Crippen molar-refractivity contribution >= 4 is 34.9 Å². The molecule has 1 aromatic heterocycles. The van der Waals surface area contributed by atoms with Crippen molar-refractivity contribution in [2.75, 3.05) is 12.3 Å². The van der Waals surface area contributed by atoms with Gasteiger partial charge in [-0.15, -0.1) is 0 Å². The summed E-state index contributed by atoms with van der Waals surface area (Å²) in [6.07, 6.45) is 2.92. The number of anilines is 1. The summed E-state index contributed by atoms with van der Waals surface area (Å²) in [6, 6.07) is 3.12. The molecule has 0 atom stereocenters. The summed E-state index contributed by atoms with van der Waals surface area (Å²) in [6.45, 7) is 2.04. The molecule has 0 unspecified atom stereocenters. The molecule has 5 nitrogen and oxygen atoms in total. The van der Waals surface area contributed by atoms with Gasteiger partial charge >= 0.3 is 5.97 Å². The van der Waals surface area contributed by atoms with Crippen molar-refractivity contribution in [1.29, 1.82) is 0 Å². The summed E-state index contributed by atoms with van der Waals surface area (Å²) < 4.78 is 6.33. The van der Waals surface area contributed by atoms with Crippen LogP contribution < -0.4 is 5.73 Å². The minimum atomic E-state index is -0.438. The molecule has 0 aliphatic heterocycles. The average Bonchev–Trinajstić information content (AvgIpc) is 2.83. The Morgan fingerprint density at radius 3 is 2.79 bits per heavy atom. The molecule has 1 heterocycles. The van der Waals surface area contributed by atoms with E-state index in [0.717, 1.165) is 0 Å². The smallest absolute Gasteiger partial charge is 0.341 e. The molecule has 0 saturated heterocycles. The molecular formula is C12H11Cl2N3O2. The molecule has 7 heteroatoms. The second-order valence-electron chi connectivity index (χ2n) is 3.72. The van der Waals surface area contributed by atoms with Crippen LogP contribution in [0.4, 0.5) is 5.69 Å². The second kappa shape index (κ2) is 5.50. The van der Waals surface area contributed by atoms with Gasteiger partial charge in [0.2, 0.25) is 0 Å².